The van der Waals surface area contributed by atoms with Gasteiger partial charge in [-0.2, -0.15) is 5.26 Å². The normalized spacial score (nSPS) is 11.6. The van der Waals surface area contributed by atoms with Gasteiger partial charge in [0.1, 0.15) is 124 Å². The Kier molecular flexibility index (Phi) is 10.7. The van der Waals surface area contributed by atoms with Crippen molar-refractivity contribution in [2.45, 2.75) is 0 Å². The summed E-state index contributed by atoms with van der Waals surface area (Å²) in [6.45, 7) is 0. The number of benzene rings is 7. The highest BCUT2D eigenvalue weighted by molar-refractivity contribution is 6.71. The Labute approximate surface area is 406 Å². The van der Waals surface area contributed by atoms with E-state index in [1.807, 2.05) is 6.07 Å². The van der Waals surface area contributed by atoms with Gasteiger partial charge in [-0.05, 0) is 36.4 Å². The van der Waals surface area contributed by atoms with E-state index in [2.05, 4.69) is 206 Å². The van der Waals surface area contributed by atoms with Crippen LogP contribution in [0.4, 0.5) is 0 Å². The quantitative estimate of drug-likeness (QED) is 0.162. The van der Waals surface area contributed by atoms with Crippen molar-refractivity contribution in [1.29, 1.82) is 5.26 Å². The first-order valence-electron chi connectivity index (χ1n) is 23.5. The summed E-state index contributed by atoms with van der Waals surface area (Å²) in [4.78, 5) is 16.0. The summed E-state index contributed by atoms with van der Waals surface area (Å²) < 4.78 is 4.79. The number of hydrogen-bond donors (Lipinski definition) is 0. The van der Waals surface area contributed by atoms with Crippen LogP contribution in [0.5, 0.6) is 0 Å². The molecule has 0 aliphatic heterocycles. The van der Waals surface area contributed by atoms with Crippen LogP contribution in [0, 0.1) is 11.3 Å². The summed E-state index contributed by atoms with van der Waals surface area (Å²) in [6.07, 6.45) is 0. The van der Waals surface area contributed by atoms with Crippen LogP contribution in [0.25, 0.3) is 89.2 Å². The van der Waals surface area contributed by atoms with Gasteiger partial charge >= 0.3 is 0 Å². The van der Waals surface area contributed by atoms with Crippen LogP contribution < -0.4 is 81.9 Å². The summed E-state index contributed by atoms with van der Waals surface area (Å²) >= 11 is 0. The van der Waals surface area contributed by atoms with Gasteiger partial charge in [0.05, 0.1) is 33.3 Å². The van der Waals surface area contributed by atoms with Crippen molar-refractivity contribution in [3.05, 3.63) is 84.4 Å². The lowest BCUT2D eigenvalue weighted by Crippen LogP contribution is -2.56. The second-order valence-corrected chi connectivity index (χ2v) is 19.2. The molecule has 0 amide bonds. The standard InChI is InChI=1S/C46H43B15N6/c47-27-25(28(48)32(52)35(55)31(27)51)45-63-44(64-46(65-45)26-29(49)33(53)36(56)34(54)30(26)50)15-9-11-20(16(13-15)14-62)66-21-7-3-1-5-17(21)18-10-12-23-24(42(18)66)19-6-2-4-8-22(19)67(23)43-40(60)38(58)37(57)39(59)41(43)61/h1-13H,47-61H2. The Hall–Kier alpha value is -6.39. The molecule has 0 bridgehead atoms. The molecule has 0 spiro atoms. The highest BCUT2D eigenvalue weighted by Crippen LogP contribution is 2.42. The molecule has 21 heteroatoms. The van der Waals surface area contributed by atoms with E-state index in [9.17, 15) is 5.26 Å². The number of aromatic nitrogens is 5. The minimum absolute atomic E-state index is 0.532. The topological polar surface area (TPSA) is 72.3 Å². The molecule has 0 saturated carbocycles. The third-order valence-corrected chi connectivity index (χ3v) is 16.4. The SMILES string of the molecule is Bc1c(B)c(B)c(-c2nc(-c3ccc(-n4c5ccccc5c5ccc6c(c7ccccc7n6-c6c(B)c(B)c(B)c(B)c6B)c54)c(C#N)c3)nc(-c3c(B)c(B)c(B)c(B)c3B)n2)c(B)c1B. The number of para-hydroxylation sites is 2. The number of rotatable bonds is 5. The predicted octanol–water partition coefficient (Wildman–Crippen LogP) is -15.2. The van der Waals surface area contributed by atoms with Gasteiger partial charge in [0.25, 0.3) is 0 Å². The van der Waals surface area contributed by atoms with E-state index >= 15 is 0 Å². The average molecular weight is 842 g/mol. The molecule has 0 fully saturated rings. The van der Waals surface area contributed by atoms with Gasteiger partial charge in [-0.15, -0.1) is 38.2 Å². The van der Waals surface area contributed by atoms with Gasteiger partial charge in [0.15, 0.2) is 17.5 Å². The highest BCUT2D eigenvalue weighted by atomic mass is 15.0. The first-order chi connectivity index (χ1) is 32.0. The lowest BCUT2D eigenvalue weighted by molar-refractivity contribution is 1.08. The van der Waals surface area contributed by atoms with Gasteiger partial charge < -0.3 is 9.13 Å². The van der Waals surface area contributed by atoms with Gasteiger partial charge in [-0.25, -0.2) is 15.0 Å². The molecule has 0 aliphatic rings. The maximum Gasteiger partial charge on any atom is 0.164 e. The minimum Gasteiger partial charge on any atom is -0.310 e. The van der Waals surface area contributed by atoms with Crippen molar-refractivity contribution in [2.24, 2.45) is 0 Å². The third kappa shape index (κ3) is 6.42. The molecule has 6 nitrogen and oxygen atoms in total. The molecule has 10 rings (SSSR count). The molecule has 67 heavy (non-hydrogen) atoms. The van der Waals surface area contributed by atoms with E-state index in [-0.39, 0.29) is 0 Å². The van der Waals surface area contributed by atoms with Crippen LogP contribution >= 0.6 is 0 Å². The van der Waals surface area contributed by atoms with E-state index in [1.165, 1.54) is 93.0 Å². The Morgan fingerprint density at radius 2 is 0.821 bits per heavy atom. The Morgan fingerprint density at radius 3 is 1.33 bits per heavy atom. The van der Waals surface area contributed by atoms with Crippen molar-refractivity contribution >= 4 is 243 Å². The van der Waals surface area contributed by atoms with Crippen molar-refractivity contribution in [3.8, 4) is 51.6 Å². The van der Waals surface area contributed by atoms with Crippen LogP contribution in [-0.4, -0.2) is 142 Å². The van der Waals surface area contributed by atoms with Crippen LogP contribution in [0.3, 0.4) is 0 Å². The Morgan fingerprint density at radius 1 is 0.388 bits per heavy atom. The lowest BCUT2D eigenvalue weighted by atomic mass is 9.60. The predicted molar refractivity (Wildman–Crippen MR) is 332 cm³/mol. The van der Waals surface area contributed by atoms with Crippen molar-refractivity contribution < 1.29 is 0 Å². The largest absolute Gasteiger partial charge is 0.310 e. The molecular weight excluding hydrogens is 799 g/mol. The summed E-state index contributed by atoms with van der Waals surface area (Å²) in [5, 5.41) is 15.9. The number of fused-ring (bicyclic) bond motifs is 7. The molecule has 0 saturated heterocycles. The fourth-order valence-corrected chi connectivity index (χ4v) is 11.2. The van der Waals surface area contributed by atoms with Crippen LogP contribution in [0.15, 0.2) is 78.9 Å². The molecule has 3 heterocycles. The molecule has 0 N–H and O–H groups in total. The highest BCUT2D eigenvalue weighted by Gasteiger charge is 2.26. The third-order valence-electron chi connectivity index (χ3n) is 16.4. The summed E-state index contributed by atoms with van der Waals surface area (Å²) in [5.41, 5.74) is 28.5. The van der Waals surface area contributed by atoms with Crippen molar-refractivity contribution in [1.82, 2.24) is 24.1 Å². The maximum atomic E-state index is 11.3. The van der Waals surface area contributed by atoms with E-state index < -0.39 is 0 Å². The zero-order chi connectivity index (χ0) is 47.7. The zero-order valence-electron chi connectivity index (χ0n) is 41.7. The molecule has 0 atom stereocenters. The molecule has 7 aromatic carbocycles. The zero-order valence-corrected chi connectivity index (χ0v) is 41.7. The van der Waals surface area contributed by atoms with Crippen LogP contribution in [0.2, 0.25) is 0 Å². The number of nitrogens with zero attached hydrogens (tertiary/aromatic N) is 6. The van der Waals surface area contributed by atoms with Crippen molar-refractivity contribution in [3.63, 3.8) is 0 Å². The second-order valence-electron chi connectivity index (χ2n) is 19.2. The molecule has 10 aromatic rings. The first kappa shape index (κ1) is 44.5. The lowest BCUT2D eigenvalue weighted by Gasteiger charge is -2.22. The molecule has 302 valence electrons. The molecule has 0 unspecified atom stereocenters. The van der Waals surface area contributed by atoms with E-state index in [0.29, 0.717) is 23.0 Å². The molecule has 0 radical (unpaired) electrons. The molecule has 3 aromatic heterocycles. The van der Waals surface area contributed by atoms with Gasteiger partial charge in [-0.1, -0.05) is 86.2 Å². The van der Waals surface area contributed by atoms with E-state index in [4.69, 9.17) is 15.0 Å². The Bertz CT molecular complexity index is 3740. The smallest absolute Gasteiger partial charge is 0.164 e. The number of hydrogen-bond acceptors (Lipinski definition) is 4. The summed E-state index contributed by atoms with van der Waals surface area (Å²) in [6, 6.07) is 30.7. The van der Waals surface area contributed by atoms with Crippen molar-refractivity contribution in [2.75, 3.05) is 0 Å². The van der Waals surface area contributed by atoms with Gasteiger partial charge in [0, 0.05) is 43.9 Å². The van der Waals surface area contributed by atoms with E-state index in [0.717, 1.165) is 60.6 Å². The van der Waals surface area contributed by atoms with Gasteiger partial charge in [-0.3, -0.25) is 0 Å². The fourth-order valence-electron chi connectivity index (χ4n) is 11.2. The Balaban J connectivity index is 1.27. The molecular formula is C46H43B15N6. The summed E-state index contributed by atoms with van der Waals surface area (Å²) in [7, 11) is 33.1. The molecule has 0 aliphatic carbocycles. The summed E-state index contributed by atoms with van der Waals surface area (Å²) in [5.74, 6) is 1.82. The average Bonchev–Trinajstić information content (AvgIpc) is 3.85. The van der Waals surface area contributed by atoms with Gasteiger partial charge in [0.2, 0.25) is 0 Å². The minimum atomic E-state index is 0.532. The van der Waals surface area contributed by atoms with E-state index in [1.54, 1.807) is 0 Å². The fraction of sp³-hybridized carbons (Fsp3) is 0. The first-order valence-corrected chi connectivity index (χ1v) is 23.5. The number of nitriles is 1. The second kappa shape index (κ2) is 16.1. The monoisotopic (exact) mass is 844 g/mol. The maximum absolute atomic E-state index is 11.3. The van der Waals surface area contributed by atoms with Crippen LogP contribution in [-0.2, 0) is 0 Å². The van der Waals surface area contributed by atoms with Crippen LogP contribution in [0.1, 0.15) is 5.56 Å².